The fourth-order valence-electron chi connectivity index (χ4n) is 5.19. The third-order valence-corrected chi connectivity index (χ3v) is 7.01. The van der Waals surface area contributed by atoms with Crippen molar-refractivity contribution in [3.8, 4) is 11.3 Å². The summed E-state index contributed by atoms with van der Waals surface area (Å²) in [6, 6.07) is 14.4. The number of non-ortho nitro benzene ring substituents is 1. The molecule has 3 aromatic rings. The van der Waals surface area contributed by atoms with E-state index in [0.717, 1.165) is 56.4 Å². The normalized spacial score (nSPS) is 22.7. The van der Waals surface area contributed by atoms with Gasteiger partial charge < -0.3 is 20.0 Å². The van der Waals surface area contributed by atoms with E-state index < -0.39 is 0 Å². The molecule has 35 heavy (non-hydrogen) atoms. The molecule has 0 spiro atoms. The molecule has 184 valence electrons. The zero-order valence-corrected chi connectivity index (χ0v) is 19.5. The first-order valence-electron chi connectivity index (χ1n) is 12.3. The van der Waals surface area contributed by atoms with Crippen LogP contribution in [0.4, 0.5) is 21.8 Å². The minimum atomic E-state index is -0.364. The molecule has 2 fully saturated rings. The van der Waals surface area contributed by atoms with Gasteiger partial charge in [-0.25, -0.2) is 9.37 Å². The Kier molecular flexibility index (Phi) is 6.94. The summed E-state index contributed by atoms with van der Waals surface area (Å²) in [7, 11) is 0. The predicted octanol–water partition coefficient (Wildman–Crippen LogP) is 5.37. The van der Waals surface area contributed by atoms with E-state index >= 15 is 0 Å². The number of hydrogen-bond donors (Lipinski definition) is 2. The second kappa shape index (κ2) is 10.4. The third kappa shape index (κ3) is 5.62. The maximum atomic E-state index is 13.2. The molecule has 0 amide bonds. The number of piperidine rings is 1. The number of benzene rings is 2. The molecule has 1 saturated heterocycles. The molecule has 1 aromatic heterocycles. The molecule has 8 nitrogen and oxygen atoms in total. The lowest BCUT2D eigenvalue weighted by atomic mass is 9.89. The Morgan fingerprint density at radius 3 is 2.49 bits per heavy atom. The first-order valence-corrected chi connectivity index (χ1v) is 12.3. The lowest BCUT2D eigenvalue weighted by molar-refractivity contribution is -0.384. The molecule has 1 aliphatic carbocycles. The van der Waals surface area contributed by atoms with E-state index in [1.54, 1.807) is 30.5 Å². The second-order valence-electron chi connectivity index (χ2n) is 9.40. The maximum absolute atomic E-state index is 13.2. The van der Waals surface area contributed by atoms with Gasteiger partial charge >= 0.3 is 0 Å². The molecular weight excluding hydrogens is 449 g/mol. The van der Waals surface area contributed by atoms with Gasteiger partial charge in [0.15, 0.2) is 5.76 Å². The molecule has 3 atom stereocenters. The van der Waals surface area contributed by atoms with Gasteiger partial charge in [0.1, 0.15) is 5.82 Å². The summed E-state index contributed by atoms with van der Waals surface area (Å²) in [5, 5.41) is 18.3. The molecule has 0 unspecified atom stereocenters. The van der Waals surface area contributed by atoms with Crippen molar-refractivity contribution >= 4 is 17.4 Å². The number of anilines is 2. The Morgan fingerprint density at radius 2 is 1.74 bits per heavy atom. The van der Waals surface area contributed by atoms with Gasteiger partial charge in [-0.2, -0.15) is 0 Å². The van der Waals surface area contributed by atoms with Gasteiger partial charge in [0.05, 0.1) is 11.1 Å². The summed E-state index contributed by atoms with van der Waals surface area (Å²) in [6.45, 7) is 1.82. The zero-order valence-electron chi connectivity index (χ0n) is 19.5. The van der Waals surface area contributed by atoms with Crippen molar-refractivity contribution in [2.75, 3.05) is 23.3 Å². The number of nitrogens with one attached hydrogen (secondary N) is 2. The Labute approximate surface area is 203 Å². The Bertz CT molecular complexity index is 1130. The Balaban J connectivity index is 1.21. The van der Waals surface area contributed by atoms with E-state index in [2.05, 4.69) is 20.5 Å². The summed E-state index contributed by atoms with van der Waals surface area (Å²) < 4.78 is 19.1. The van der Waals surface area contributed by atoms with Crippen LogP contribution in [0, 0.1) is 15.9 Å². The monoisotopic (exact) mass is 479 g/mol. The summed E-state index contributed by atoms with van der Waals surface area (Å²) >= 11 is 0. The number of hydrogen-bond acceptors (Lipinski definition) is 7. The van der Waals surface area contributed by atoms with Crippen molar-refractivity contribution < 1.29 is 13.7 Å². The molecule has 2 aliphatic rings. The van der Waals surface area contributed by atoms with Crippen molar-refractivity contribution in [2.24, 2.45) is 0 Å². The van der Waals surface area contributed by atoms with Gasteiger partial charge in [-0.05, 0) is 62.1 Å². The zero-order chi connectivity index (χ0) is 24.2. The molecule has 0 radical (unpaired) electrons. The lowest BCUT2D eigenvalue weighted by Gasteiger charge is -2.40. The number of halogens is 1. The van der Waals surface area contributed by atoms with Gasteiger partial charge in [0.2, 0.25) is 0 Å². The summed E-state index contributed by atoms with van der Waals surface area (Å²) in [4.78, 5) is 17.3. The van der Waals surface area contributed by atoms with Gasteiger partial charge in [-0.15, -0.1) is 0 Å². The first-order chi connectivity index (χ1) is 17.0. The third-order valence-electron chi connectivity index (χ3n) is 7.01. The molecule has 0 bridgehead atoms. The molecule has 9 heteroatoms. The largest absolute Gasteiger partial charge is 0.424 e. The summed E-state index contributed by atoms with van der Waals surface area (Å²) in [5.41, 5.74) is 1.93. The van der Waals surface area contributed by atoms with E-state index in [1.807, 2.05) is 12.1 Å². The molecule has 5 rings (SSSR count). The predicted molar refractivity (Wildman–Crippen MR) is 133 cm³/mol. The highest BCUT2D eigenvalue weighted by molar-refractivity contribution is 5.57. The number of oxazole rings is 1. The molecule has 1 saturated carbocycles. The highest BCUT2D eigenvalue weighted by Gasteiger charge is 2.30. The number of nitro groups is 1. The molecule has 2 aromatic carbocycles. The van der Waals surface area contributed by atoms with Crippen LogP contribution in [0.2, 0.25) is 0 Å². The number of nitrogens with zero attached hydrogens (tertiary/aromatic N) is 3. The van der Waals surface area contributed by atoms with Crippen LogP contribution in [-0.2, 0) is 0 Å². The van der Waals surface area contributed by atoms with Crippen LogP contribution in [0.15, 0.2) is 59.1 Å². The SMILES string of the molecule is O=[N+]([O-])c1ccc(N2CCC[C@H](N[C@@H]3CCCC[C@H]3Nc3ncc(-c4ccc(F)cc4)o3)C2)cc1. The van der Waals surface area contributed by atoms with Crippen LogP contribution in [0.1, 0.15) is 38.5 Å². The van der Waals surface area contributed by atoms with E-state index in [-0.39, 0.29) is 22.5 Å². The molecule has 2 heterocycles. The molecular formula is C26H30FN5O3. The van der Waals surface area contributed by atoms with Gasteiger partial charge in [-0.1, -0.05) is 12.8 Å². The highest BCUT2D eigenvalue weighted by Crippen LogP contribution is 2.28. The van der Waals surface area contributed by atoms with Crippen molar-refractivity contribution in [1.82, 2.24) is 10.3 Å². The van der Waals surface area contributed by atoms with E-state index in [0.29, 0.717) is 23.9 Å². The van der Waals surface area contributed by atoms with E-state index in [1.165, 1.54) is 18.6 Å². The standard InChI is InChI=1S/C26H30FN5O3/c27-19-9-7-18(8-10-19)25-16-28-26(35-25)30-24-6-2-1-5-23(24)29-20-4-3-15-31(17-20)21-11-13-22(14-12-21)32(33)34/h7-14,16,20,23-24,29H,1-6,15,17H2,(H,28,30)/t20-,23+,24+/m0/s1. The van der Waals surface area contributed by atoms with Crippen LogP contribution < -0.4 is 15.5 Å². The Hall–Kier alpha value is -3.46. The number of nitro benzene ring substituents is 1. The van der Waals surface area contributed by atoms with Crippen LogP contribution in [-0.4, -0.2) is 41.1 Å². The van der Waals surface area contributed by atoms with Crippen molar-refractivity contribution in [3.05, 3.63) is 70.7 Å². The van der Waals surface area contributed by atoms with Crippen LogP contribution >= 0.6 is 0 Å². The summed E-state index contributed by atoms with van der Waals surface area (Å²) in [5.74, 6) is 0.330. The van der Waals surface area contributed by atoms with Crippen LogP contribution in [0.5, 0.6) is 0 Å². The van der Waals surface area contributed by atoms with E-state index in [9.17, 15) is 14.5 Å². The lowest BCUT2D eigenvalue weighted by Crippen LogP contribution is -2.54. The van der Waals surface area contributed by atoms with Crippen LogP contribution in [0.25, 0.3) is 11.3 Å². The minimum Gasteiger partial charge on any atom is -0.424 e. The smallest absolute Gasteiger partial charge is 0.295 e. The van der Waals surface area contributed by atoms with Crippen molar-refractivity contribution in [1.29, 1.82) is 0 Å². The van der Waals surface area contributed by atoms with Gasteiger partial charge in [0.25, 0.3) is 11.7 Å². The minimum absolute atomic E-state index is 0.116. The summed E-state index contributed by atoms with van der Waals surface area (Å²) in [6.07, 6.45) is 8.29. The average molecular weight is 480 g/mol. The quantitative estimate of drug-likeness (QED) is 0.347. The maximum Gasteiger partial charge on any atom is 0.295 e. The fourth-order valence-corrected chi connectivity index (χ4v) is 5.19. The van der Waals surface area contributed by atoms with Gasteiger partial charge in [0, 0.05) is 54.6 Å². The highest BCUT2D eigenvalue weighted by atomic mass is 19.1. The average Bonchev–Trinajstić information content (AvgIpc) is 3.34. The fraction of sp³-hybridized carbons (Fsp3) is 0.423. The molecule has 2 N–H and O–H groups in total. The van der Waals surface area contributed by atoms with Gasteiger partial charge in [-0.3, -0.25) is 10.1 Å². The topological polar surface area (TPSA) is 96.5 Å². The van der Waals surface area contributed by atoms with E-state index in [4.69, 9.17) is 4.42 Å². The van der Waals surface area contributed by atoms with Crippen LogP contribution in [0.3, 0.4) is 0 Å². The van der Waals surface area contributed by atoms with Crippen molar-refractivity contribution in [2.45, 2.75) is 56.7 Å². The first kappa shape index (κ1) is 23.3. The second-order valence-corrected chi connectivity index (χ2v) is 9.40. The Morgan fingerprint density at radius 1 is 1.00 bits per heavy atom. The number of rotatable bonds is 7. The number of aromatic nitrogens is 1. The molecule has 1 aliphatic heterocycles. The van der Waals surface area contributed by atoms with Crippen molar-refractivity contribution in [3.63, 3.8) is 0 Å².